The van der Waals surface area contributed by atoms with Crippen LogP contribution in [0.15, 0.2) is 12.7 Å². The van der Waals surface area contributed by atoms with Crippen molar-refractivity contribution in [2.24, 2.45) is 0 Å². The number of ether oxygens (including phenoxy) is 2. The van der Waals surface area contributed by atoms with E-state index in [2.05, 4.69) is 6.58 Å². The zero-order valence-electron chi connectivity index (χ0n) is 9.45. The van der Waals surface area contributed by atoms with Crippen LogP contribution < -0.4 is 0 Å². The topological polar surface area (TPSA) is 55.8 Å². The minimum absolute atomic E-state index is 0.219. The SMILES string of the molecule is C=CC(=O)C(C)(O)C1COC(C)(CC)O1. The molecule has 1 aliphatic heterocycles. The Morgan fingerprint density at radius 1 is 1.80 bits per heavy atom. The maximum absolute atomic E-state index is 11.4. The molecule has 1 rings (SSSR count). The summed E-state index contributed by atoms with van der Waals surface area (Å²) in [5, 5.41) is 9.98. The molecule has 0 radical (unpaired) electrons. The molecule has 1 fully saturated rings. The van der Waals surface area contributed by atoms with Crippen molar-refractivity contribution in [1.29, 1.82) is 0 Å². The third-order valence-corrected chi connectivity index (χ3v) is 2.89. The maximum atomic E-state index is 11.4. The fourth-order valence-electron chi connectivity index (χ4n) is 1.45. The van der Waals surface area contributed by atoms with Gasteiger partial charge in [0.05, 0.1) is 6.61 Å². The molecule has 0 bridgehead atoms. The summed E-state index contributed by atoms with van der Waals surface area (Å²) in [6, 6.07) is 0. The van der Waals surface area contributed by atoms with Crippen LogP contribution >= 0.6 is 0 Å². The Kier molecular flexibility index (Phi) is 3.33. The number of ketones is 1. The molecular formula is C11H18O4. The molecule has 0 aliphatic carbocycles. The molecule has 0 aromatic carbocycles. The maximum Gasteiger partial charge on any atom is 0.189 e. The van der Waals surface area contributed by atoms with Gasteiger partial charge in [-0.2, -0.15) is 0 Å². The molecule has 86 valence electrons. The first kappa shape index (κ1) is 12.4. The van der Waals surface area contributed by atoms with Crippen LogP contribution in [0.1, 0.15) is 27.2 Å². The van der Waals surface area contributed by atoms with Crippen LogP contribution in [0, 0.1) is 0 Å². The lowest BCUT2D eigenvalue weighted by Gasteiger charge is -2.28. The quantitative estimate of drug-likeness (QED) is 0.710. The van der Waals surface area contributed by atoms with Crippen molar-refractivity contribution < 1.29 is 19.4 Å². The van der Waals surface area contributed by atoms with Gasteiger partial charge in [-0.1, -0.05) is 13.5 Å². The summed E-state index contributed by atoms with van der Waals surface area (Å²) in [5.41, 5.74) is -1.56. The van der Waals surface area contributed by atoms with Crippen LogP contribution in [0.25, 0.3) is 0 Å². The Labute approximate surface area is 89.9 Å². The fraction of sp³-hybridized carbons (Fsp3) is 0.727. The largest absolute Gasteiger partial charge is 0.379 e. The van der Waals surface area contributed by atoms with Crippen LogP contribution in [0.2, 0.25) is 0 Å². The van der Waals surface area contributed by atoms with Crippen LogP contribution in [-0.2, 0) is 14.3 Å². The third-order valence-electron chi connectivity index (χ3n) is 2.89. The van der Waals surface area contributed by atoms with Gasteiger partial charge in [-0.05, 0) is 26.3 Å². The van der Waals surface area contributed by atoms with Crippen molar-refractivity contribution in [3.63, 3.8) is 0 Å². The predicted molar refractivity (Wildman–Crippen MR) is 55.3 cm³/mol. The number of aliphatic hydroxyl groups is 1. The minimum Gasteiger partial charge on any atom is -0.379 e. The molecule has 0 saturated carbocycles. The second-order valence-electron chi connectivity index (χ2n) is 4.12. The monoisotopic (exact) mass is 214 g/mol. The van der Waals surface area contributed by atoms with E-state index in [-0.39, 0.29) is 6.61 Å². The smallest absolute Gasteiger partial charge is 0.189 e. The molecule has 3 atom stereocenters. The lowest BCUT2D eigenvalue weighted by molar-refractivity contribution is -0.181. The molecule has 1 N–H and O–H groups in total. The predicted octanol–water partition coefficient (Wildman–Crippen LogP) is 1.03. The van der Waals surface area contributed by atoms with E-state index >= 15 is 0 Å². The Balaban J connectivity index is 2.76. The van der Waals surface area contributed by atoms with Gasteiger partial charge in [0, 0.05) is 0 Å². The summed E-state index contributed by atoms with van der Waals surface area (Å²) in [6.07, 6.45) is 1.14. The molecule has 15 heavy (non-hydrogen) atoms. The molecule has 0 aromatic heterocycles. The minimum atomic E-state index is -1.56. The third kappa shape index (κ3) is 2.27. The normalized spacial score (nSPS) is 34.8. The van der Waals surface area contributed by atoms with E-state index in [0.717, 1.165) is 6.08 Å². The van der Waals surface area contributed by atoms with Gasteiger partial charge in [0.25, 0.3) is 0 Å². The number of rotatable bonds is 4. The Morgan fingerprint density at radius 3 is 2.80 bits per heavy atom. The highest BCUT2D eigenvalue weighted by Gasteiger charge is 2.47. The van der Waals surface area contributed by atoms with Crippen LogP contribution in [0.4, 0.5) is 0 Å². The van der Waals surface area contributed by atoms with E-state index in [9.17, 15) is 9.90 Å². The number of hydrogen-bond donors (Lipinski definition) is 1. The Bertz CT molecular complexity index is 272. The molecule has 0 aromatic rings. The van der Waals surface area contributed by atoms with Crippen molar-refractivity contribution >= 4 is 5.78 Å². The first-order valence-electron chi connectivity index (χ1n) is 5.06. The van der Waals surface area contributed by atoms with E-state index in [1.165, 1.54) is 6.92 Å². The van der Waals surface area contributed by atoms with Crippen LogP contribution in [0.3, 0.4) is 0 Å². The zero-order valence-corrected chi connectivity index (χ0v) is 9.45. The van der Waals surface area contributed by atoms with E-state index in [0.29, 0.717) is 6.42 Å². The van der Waals surface area contributed by atoms with Crippen molar-refractivity contribution in [2.75, 3.05) is 6.61 Å². The number of carbonyl (C=O) groups excluding carboxylic acids is 1. The number of carbonyl (C=O) groups is 1. The second-order valence-corrected chi connectivity index (χ2v) is 4.12. The van der Waals surface area contributed by atoms with Gasteiger partial charge < -0.3 is 14.6 Å². The van der Waals surface area contributed by atoms with Gasteiger partial charge in [0.15, 0.2) is 17.2 Å². The molecule has 0 amide bonds. The summed E-state index contributed by atoms with van der Waals surface area (Å²) < 4.78 is 11.0. The van der Waals surface area contributed by atoms with E-state index in [4.69, 9.17) is 9.47 Å². The molecule has 1 aliphatic rings. The van der Waals surface area contributed by atoms with Crippen molar-refractivity contribution in [3.05, 3.63) is 12.7 Å². The van der Waals surface area contributed by atoms with Gasteiger partial charge in [0.1, 0.15) is 6.10 Å². The first-order valence-corrected chi connectivity index (χ1v) is 5.06. The van der Waals surface area contributed by atoms with Gasteiger partial charge in [-0.25, -0.2) is 0 Å². The summed E-state index contributed by atoms with van der Waals surface area (Å²) in [4.78, 5) is 11.4. The van der Waals surface area contributed by atoms with Crippen molar-refractivity contribution in [1.82, 2.24) is 0 Å². The summed E-state index contributed by atoms with van der Waals surface area (Å²) in [7, 11) is 0. The van der Waals surface area contributed by atoms with E-state index < -0.39 is 23.3 Å². The van der Waals surface area contributed by atoms with Gasteiger partial charge in [-0.15, -0.1) is 0 Å². The molecule has 1 heterocycles. The van der Waals surface area contributed by atoms with Crippen LogP contribution in [0.5, 0.6) is 0 Å². The average Bonchev–Trinajstić information content (AvgIpc) is 2.61. The molecule has 1 saturated heterocycles. The molecule has 3 unspecified atom stereocenters. The summed E-state index contributed by atoms with van der Waals surface area (Å²) in [5.74, 6) is -1.15. The summed E-state index contributed by atoms with van der Waals surface area (Å²) in [6.45, 7) is 8.71. The number of hydrogen-bond acceptors (Lipinski definition) is 4. The lowest BCUT2D eigenvalue weighted by Crippen LogP contribution is -2.48. The zero-order chi connectivity index (χ0) is 11.7. The Morgan fingerprint density at radius 2 is 2.40 bits per heavy atom. The van der Waals surface area contributed by atoms with Gasteiger partial charge >= 0.3 is 0 Å². The highest BCUT2D eigenvalue weighted by Crippen LogP contribution is 2.31. The highest BCUT2D eigenvalue weighted by molar-refractivity contribution is 5.96. The second kappa shape index (κ2) is 4.04. The Hall–Kier alpha value is -0.710. The molecule has 4 nitrogen and oxygen atoms in total. The lowest BCUT2D eigenvalue weighted by atomic mass is 9.94. The molecular weight excluding hydrogens is 196 g/mol. The van der Waals surface area contributed by atoms with Crippen LogP contribution in [-0.4, -0.2) is 35.0 Å². The first-order chi connectivity index (χ1) is 6.85. The van der Waals surface area contributed by atoms with Crippen molar-refractivity contribution in [3.8, 4) is 0 Å². The summed E-state index contributed by atoms with van der Waals surface area (Å²) >= 11 is 0. The molecule has 0 spiro atoms. The average molecular weight is 214 g/mol. The van der Waals surface area contributed by atoms with E-state index in [1.807, 2.05) is 6.92 Å². The van der Waals surface area contributed by atoms with Crippen molar-refractivity contribution in [2.45, 2.75) is 44.7 Å². The van der Waals surface area contributed by atoms with Gasteiger partial charge in [0.2, 0.25) is 0 Å². The standard InChI is InChI=1S/C11H18O4/c1-5-8(12)11(4,13)9-7-14-10(3,6-2)15-9/h5,9,13H,1,6-7H2,2-4H3. The molecule has 4 heteroatoms. The van der Waals surface area contributed by atoms with E-state index in [1.54, 1.807) is 6.92 Å². The van der Waals surface area contributed by atoms with Gasteiger partial charge in [-0.3, -0.25) is 4.79 Å². The highest BCUT2D eigenvalue weighted by atomic mass is 16.7. The fourth-order valence-corrected chi connectivity index (χ4v) is 1.45.